The summed E-state index contributed by atoms with van der Waals surface area (Å²) in [7, 11) is 0. The maximum absolute atomic E-state index is 12.7. The van der Waals surface area contributed by atoms with Gasteiger partial charge in [0.1, 0.15) is 0 Å². The molecule has 0 atom stereocenters. The van der Waals surface area contributed by atoms with E-state index in [1.54, 1.807) is 6.20 Å². The fraction of sp³-hybridized carbons (Fsp3) is 0.667. The Morgan fingerprint density at radius 1 is 1.24 bits per heavy atom. The van der Waals surface area contributed by atoms with Crippen LogP contribution in [0.4, 0.5) is 4.39 Å². The lowest BCUT2D eigenvalue weighted by molar-refractivity contribution is 0.304. The van der Waals surface area contributed by atoms with Crippen molar-refractivity contribution >= 4 is 0 Å². The van der Waals surface area contributed by atoms with E-state index in [4.69, 9.17) is 0 Å². The fourth-order valence-electron chi connectivity index (χ4n) is 2.91. The first-order chi connectivity index (χ1) is 8.29. The minimum atomic E-state index is -0.370. The molecule has 1 aliphatic carbocycles. The Morgan fingerprint density at radius 2 is 2.00 bits per heavy atom. The second kappa shape index (κ2) is 6.13. The highest BCUT2D eigenvalue weighted by Crippen LogP contribution is 2.37. The van der Waals surface area contributed by atoms with Gasteiger partial charge >= 0.3 is 0 Å². The Kier molecular flexibility index (Phi) is 4.52. The molecule has 0 radical (unpaired) electrons. The summed E-state index contributed by atoms with van der Waals surface area (Å²) in [6.45, 7) is 2.26. The average Bonchev–Trinajstić information content (AvgIpc) is 2.38. The minimum Gasteiger partial charge on any atom is -0.228 e. The molecule has 2 rings (SSSR count). The van der Waals surface area contributed by atoms with Gasteiger partial charge in [-0.15, -0.1) is 0 Å². The van der Waals surface area contributed by atoms with Crippen molar-refractivity contribution in [3.8, 4) is 0 Å². The predicted octanol–water partition coefficient (Wildman–Crippen LogP) is 4.68. The summed E-state index contributed by atoms with van der Waals surface area (Å²) in [5, 5.41) is 0. The predicted molar refractivity (Wildman–Crippen MR) is 68.4 cm³/mol. The molecule has 1 saturated carbocycles. The van der Waals surface area contributed by atoms with Gasteiger partial charge in [-0.05, 0) is 49.1 Å². The fourth-order valence-corrected chi connectivity index (χ4v) is 2.91. The van der Waals surface area contributed by atoms with Crippen LogP contribution in [0.2, 0.25) is 0 Å². The van der Waals surface area contributed by atoms with Gasteiger partial charge in [0.2, 0.25) is 5.95 Å². The topological polar surface area (TPSA) is 12.9 Å². The second-order valence-corrected chi connectivity index (χ2v) is 5.27. The molecule has 1 fully saturated rings. The van der Waals surface area contributed by atoms with Gasteiger partial charge in [-0.3, -0.25) is 0 Å². The van der Waals surface area contributed by atoms with E-state index in [1.165, 1.54) is 56.6 Å². The summed E-state index contributed by atoms with van der Waals surface area (Å²) < 4.78 is 12.7. The summed E-state index contributed by atoms with van der Waals surface area (Å²) in [5.41, 5.74) is 1.22. The van der Waals surface area contributed by atoms with Crippen LogP contribution in [0.5, 0.6) is 0 Å². The van der Waals surface area contributed by atoms with E-state index in [1.807, 2.05) is 6.07 Å². The lowest BCUT2D eigenvalue weighted by Crippen LogP contribution is -2.13. The van der Waals surface area contributed by atoms with Gasteiger partial charge in [0.05, 0.1) is 0 Å². The van der Waals surface area contributed by atoms with Gasteiger partial charge in [-0.1, -0.05) is 32.3 Å². The van der Waals surface area contributed by atoms with Crippen molar-refractivity contribution in [2.75, 3.05) is 0 Å². The highest BCUT2D eigenvalue weighted by atomic mass is 19.1. The molecular formula is C15H22FN. The summed E-state index contributed by atoms with van der Waals surface area (Å²) in [5.74, 6) is 1.17. The van der Waals surface area contributed by atoms with Crippen molar-refractivity contribution in [1.82, 2.24) is 4.98 Å². The lowest BCUT2D eigenvalue weighted by atomic mass is 9.77. The molecule has 1 aromatic heterocycles. The summed E-state index contributed by atoms with van der Waals surface area (Å²) in [4.78, 5) is 3.76. The second-order valence-electron chi connectivity index (χ2n) is 5.27. The SMILES string of the molecule is CCCCC1CCC(c2ccc(F)nc2)CC1. The molecule has 1 nitrogen and oxygen atoms in total. The Balaban J connectivity index is 1.84. The van der Waals surface area contributed by atoms with E-state index < -0.39 is 0 Å². The molecule has 0 amide bonds. The molecule has 1 aromatic rings. The van der Waals surface area contributed by atoms with Crippen LogP contribution >= 0.6 is 0 Å². The van der Waals surface area contributed by atoms with E-state index in [0.717, 1.165) is 5.92 Å². The Bertz CT molecular complexity index is 325. The van der Waals surface area contributed by atoms with Gasteiger partial charge < -0.3 is 0 Å². The first kappa shape index (κ1) is 12.5. The number of halogens is 1. The number of aromatic nitrogens is 1. The smallest absolute Gasteiger partial charge is 0.212 e. The van der Waals surface area contributed by atoms with Crippen molar-refractivity contribution in [3.63, 3.8) is 0 Å². The Hall–Kier alpha value is -0.920. The highest BCUT2D eigenvalue weighted by molar-refractivity contribution is 5.15. The van der Waals surface area contributed by atoms with Crippen LogP contribution < -0.4 is 0 Å². The van der Waals surface area contributed by atoms with Crippen molar-refractivity contribution in [2.24, 2.45) is 5.92 Å². The molecule has 0 N–H and O–H groups in total. The molecule has 0 unspecified atom stereocenters. The molecule has 2 heteroatoms. The number of rotatable bonds is 4. The van der Waals surface area contributed by atoms with Crippen molar-refractivity contribution in [3.05, 3.63) is 29.8 Å². The molecule has 0 aromatic carbocycles. The Morgan fingerprint density at radius 3 is 2.59 bits per heavy atom. The maximum atomic E-state index is 12.7. The van der Waals surface area contributed by atoms with Crippen molar-refractivity contribution in [2.45, 2.75) is 57.8 Å². The number of pyridine rings is 1. The zero-order chi connectivity index (χ0) is 12.1. The van der Waals surface area contributed by atoms with Crippen LogP contribution in [0.25, 0.3) is 0 Å². The van der Waals surface area contributed by atoms with Gasteiger partial charge in [0.15, 0.2) is 0 Å². The van der Waals surface area contributed by atoms with Gasteiger partial charge in [0, 0.05) is 6.20 Å². The van der Waals surface area contributed by atoms with Gasteiger partial charge in [-0.25, -0.2) is 4.98 Å². The average molecular weight is 235 g/mol. The quantitative estimate of drug-likeness (QED) is 0.690. The summed E-state index contributed by atoms with van der Waals surface area (Å²) in [6.07, 6.45) is 11.0. The highest BCUT2D eigenvalue weighted by Gasteiger charge is 2.22. The molecule has 0 spiro atoms. The molecule has 1 aliphatic rings. The van der Waals surface area contributed by atoms with Gasteiger partial charge in [0.25, 0.3) is 0 Å². The number of unbranched alkanes of at least 4 members (excludes halogenated alkanes) is 1. The zero-order valence-electron chi connectivity index (χ0n) is 10.7. The lowest BCUT2D eigenvalue weighted by Gasteiger charge is -2.28. The first-order valence-electron chi connectivity index (χ1n) is 6.91. The van der Waals surface area contributed by atoms with E-state index in [-0.39, 0.29) is 5.95 Å². The molecule has 17 heavy (non-hydrogen) atoms. The first-order valence-corrected chi connectivity index (χ1v) is 6.91. The van der Waals surface area contributed by atoms with Crippen LogP contribution in [0.15, 0.2) is 18.3 Å². The molecule has 0 bridgehead atoms. The van der Waals surface area contributed by atoms with E-state index in [2.05, 4.69) is 11.9 Å². The molecular weight excluding hydrogens is 213 g/mol. The van der Waals surface area contributed by atoms with Crippen LogP contribution in [-0.4, -0.2) is 4.98 Å². The third kappa shape index (κ3) is 3.52. The largest absolute Gasteiger partial charge is 0.228 e. The van der Waals surface area contributed by atoms with Crippen LogP contribution in [0.3, 0.4) is 0 Å². The summed E-state index contributed by atoms with van der Waals surface area (Å²) in [6, 6.07) is 3.39. The molecule has 1 heterocycles. The van der Waals surface area contributed by atoms with E-state index in [9.17, 15) is 4.39 Å². The monoisotopic (exact) mass is 235 g/mol. The summed E-state index contributed by atoms with van der Waals surface area (Å²) >= 11 is 0. The van der Waals surface area contributed by atoms with Gasteiger partial charge in [-0.2, -0.15) is 4.39 Å². The maximum Gasteiger partial charge on any atom is 0.212 e. The van der Waals surface area contributed by atoms with E-state index >= 15 is 0 Å². The third-order valence-electron chi connectivity index (χ3n) is 4.03. The molecule has 0 aliphatic heterocycles. The standard InChI is InChI=1S/C15H22FN/c1-2-3-4-12-5-7-13(8-6-12)14-9-10-15(16)17-11-14/h9-13H,2-8H2,1H3. The van der Waals surface area contributed by atoms with E-state index in [0.29, 0.717) is 5.92 Å². The molecule has 94 valence electrons. The number of hydrogen-bond donors (Lipinski definition) is 0. The third-order valence-corrected chi connectivity index (χ3v) is 4.03. The molecule has 0 saturated heterocycles. The van der Waals surface area contributed by atoms with Crippen LogP contribution in [0, 0.1) is 11.9 Å². The normalized spacial score (nSPS) is 24.8. The van der Waals surface area contributed by atoms with Crippen molar-refractivity contribution < 1.29 is 4.39 Å². The minimum absolute atomic E-state index is 0.370. The van der Waals surface area contributed by atoms with Crippen molar-refractivity contribution in [1.29, 1.82) is 0 Å². The number of nitrogens with zero attached hydrogens (tertiary/aromatic N) is 1. The van der Waals surface area contributed by atoms with Crippen LogP contribution in [-0.2, 0) is 0 Å². The van der Waals surface area contributed by atoms with Crippen LogP contribution in [0.1, 0.15) is 63.4 Å². The Labute approximate surface area is 103 Å². The zero-order valence-corrected chi connectivity index (χ0v) is 10.7. The number of hydrogen-bond acceptors (Lipinski definition) is 1.